The monoisotopic (exact) mass is 366 g/mol. The zero-order valence-corrected chi connectivity index (χ0v) is 16.2. The van der Waals surface area contributed by atoms with Crippen molar-refractivity contribution in [2.24, 2.45) is 0 Å². The van der Waals surface area contributed by atoms with Crippen molar-refractivity contribution in [2.75, 3.05) is 37.7 Å². The van der Waals surface area contributed by atoms with E-state index in [0.29, 0.717) is 13.1 Å². The number of carbonyl (C=O) groups excluding carboxylic acids is 2. The quantitative estimate of drug-likeness (QED) is 0.763. The molecule has 142 valence electrons. The van der Waals surface area contributed by atoms with Crippen LogP contribution in [0, 0.1) is 13.8 Å². The second-order valence-corrected chi connectivity index (χ2v) is 7.08. The minimum absolute atomic E-state index is 0.0146. The Morgan fingerprint density at radius 3 is 2.07 bits per heavy atom. The summed E-state index contributed by atoms with van der Waals surface area (Å²) in [5.74, 6) is 0.826. The second kappa shape index (κ2) is 8.25. The highest BCUT2D eigenvalue weighted by Gasteiger charge is 2.21. The molecule has 1 aliphatic heterocycles. The maximum absolute atomic E-state index is 12.4. The Balaban J connectivity index is 1.50. The van der Waals surface area contributed by atoms with Gasteiger partial charge in [-0.15, -0.1) is 0 Å². The first-order chi connectivity index (χ1) is 12.9. The molecule has 0 bridgehead atoms. The molecule has 1 amide bonds. The van der Waals surface area contributed by atoms with E-state index in [-0.39, 0.29) is 18.3 Å². The number of ketones is 1. The van der Waals surface area contributed by atoms with Crippen LogP contribution in [-0.4, -0.2) is 49.4 Å². The summed E-state index contributed by atoms with van der Waals surface area (Å²) in [7, 11) is 0. The van der Waals surface area contributed by atoms with Crippen molar-refractivity contribution in [3.05, 3.63) is 59.2 Å². The fourth-order valence-corrected chi connectivity index (χ4v) is 3.37. The van der Waals surface area contributed by atoms with E-state index in [4.69, 9.17) is 4.74 Å². The summed E-state index contributed by atoms with van der Waals surface area (Å²) in [4.78, 5) is 27.9. The lowest BCUT2D eigenvalue weighted by atomic mass is 10.1. The van der Waals surface area contributed by atoms with Gasteiger partial charge in [0.2, 0.25) is 0 Å². The number of anilines is 1. The molecule has 2 aromatic rings. The number of hydrogen-bond acceptors (Lipinski definition) is 4. The molecule has 0 unspecified atom stereocenters. The Morgan fingerprint density at radius 1 is 0.926 bits per heavy atom. The van der Waals surface area contributed by atoms with Gasteiger partial charge in [0.15, 0.2) is 12.4 Å². The minimum atomic E-state index is 0.0146. The van der Waals surface area contributed by atoms with E-state index in [1.54, 1.807) is 6.92 Å². The lowest BCUT2D eigenvalue weighted by Crippen LogP contribution is -2.50. The number of ether oxygens (including phenoxy) is 1. The fourth-order valence-electron chi connectivity index (χ4n) is 3.37. The van der Waals surface area contributed by atoms with Gasteiger partial charge in [0.05, 0.1) is 0 Å². The molecule has 1 aliphatic rings. The van der Waals surface area contributed by atoms with Gasteiger partial charge in [-0.25, -0.2) is 0 Å². The van der Waals surface area contributed by atoms with Crippen LogP contribution in [-0.2, 0) is 4.79 Å². The summed E-state index contributed by atoms with van der Waals surface area (Å²) in [6.07, 6.45) is 0. The number of benzene rings is 2. The van der Waals surface area contributed by atoms with Crippen LogP contribution in [0.25, 0.3) is 0 Å². The third-order valence-corrected chi connectivity index (χ3v) is 4.83. The van der Waals surface area contributed by atoms with Crippen molar-refractivity contribution >= 4 is 17.4 Å². The van der Waals surface area contributed by atoms with Gasteiger partial charge >= 0.3 is 0 Å². The molecule has 0 saturated carbocycles. The van der Waals surface area contributed by atoms with E-state index in [1.165, 1.54) is 0 Å². The van der Waals surface area contributed by atoms with Gasteiger partial charge in [0.1, 0.15) is 5.75 Å². The number of hydrogen-bond donors (Lipinski definition) is 0. The molecular weight excluding hydrogens is 340 g/mol. The van der Waals surface area contributed by atoms with Crippen LogP contribution in [0.5, 0.6) is 5.75 Å². The van der Waals surface area contributed by atoms with Crippen molar-refractivity contribution in [1.82, 2.24) is 4.90 Å². The van der Waals surface area contributed by atoms with E-state index in [2.05, 4.69) is 11.0 Å². The number of amides is 1. The van der Waals surface area contributed by atoms with Crippen LogP contribution in [0.4, 0.5) is 5.69 Å². The van der Waals surface area contributed by atoms with Crippen molar-refractivity contribution in [1.29, 1.82) is 0 Å². The van der Waals surface area contributed by atoms with Gasteiger partial charge in [-0.2, -0.15) is 0 Å². The average molecular weight is 366 g/mol. The molecule has 0 aromatic heterocycles. The lowest BCUT2D eigenvalue weighted by Gasteiger charge is -2.36. The maximum atomic E-state index is 12.4. The summed E-state index contributed by atoms with van der Waals surface area (Å²) in [6, 6.07) is 13.6. The average Bonchev–Trinajstić information content (AvgIpc) is 2.65. The number of nitrogens with zero attached hydrogens (tertiary/aromatic N) is 2. The Kier molecular flexibility index (Phi) is 5.79. The largest absolute Gasteiger partial charge is 0.484 e. The summed E-state index contributed by atoms with van der Waals surface area (Å²) < 4.78 is 5.69. The van der Waals surface area contributed by atoms with Crippen molar-refractivity contribution in [2.45, 2.75) is 20.8 Å². The summed E-state index contributed by atoms with van der Waals surface area (Å²) in [5, 5.41) is 0. The lowest BCUT2D eigenvalue weighted by molar-refractivity contribution is -0.133. The molecular formula is C22H26N2O3. The van der Waals surface area contributed by atoms with Crippen LogP contribution in [0.2, 0.25) is 0 Å². The van der Waals surface area contributed by atoms with E-state index in [0.717, 1.165) is 41.2 Å². The van der Waals surface area contributed by atoms with Crippen molar-refractivity contribution in [3.63, 3.8) is 0 Å². The Labute approximate surface area is 160 Å². The summed E-state index contributed by atoms with van der Waals surface area (Å²) in [6.45, 7) is 8.56. The third-order valence-electron chi connectivity index (χ3n) is 4.83. The standard InChI is InChI=1S/C22H26N2O3/c1-16-12-17(2)14-21(13-16)27-15-22(26)24-10-8-23(9-11-24)20-6-4-19(5-7-20)18(3)25/h4-7,12-14H,8-11,15H2,1-3H3. The molecule has 5 nitrogen and oxygen atoms in total. The zero-order chi connectivity index (χ0) is 19.4. The molecule has 1 heterocycles. The van der Waals surface area contributed by atoms with E-state index in [9.17, 15) is 9.59 Å². The second-order valence-electron chi connectivity index (χ2n) is 7.08. The highest BCUT2D eigenvalue weighted by Crippen LogP contribution is 2.19. The van der Waals surface area contributed by atoms with E-state index in [1.807, 2.05) is 55.1 Å². The maximum Gasteiger partial charge on any atom is 0.260 e. The van der Waals surface area contributed by atoms with Crippen LogP contribution in [0.3, 0.4) is 0 Å². The van der Waals surface area contributed by atoms with Gasteiger partial charge in [0.25, 0.3) is 5.91 Å². The predicted molar refractivity (Wildman–Crippen MR) is 107 cm³/mol. The summed E-state index contributed by atoms with van der Waals surface area (Å²) >= 11 is 0. The van der Waals surface area contributed by atoms with Crippen LogP contribution in [0.15, 0.2) is 42.5 Å². The topological polar surface area (TPSA) is 49.9 Å². The Morgan fingerprint density at radius 2 is 1.52 bits per heavy atom. The smallest absolute Gasteiger partial charge is 0.260 e. The van der Waals surface area contributed by atoms with Crippen molar-refractivity contribution < 1.29 is 14.3 Å². The van der Waals surface area contributed by atoms with Crippen LogP contribution in [0.1, 0.15) is 28.4 Å². The fraction of sp³-hybridized carbons (Fsp3) is 0.364. The number of carbonyl (C=O) groups is 2. The Hall–Kier alpha value is -2.82. The molecule has 2 aromatic carbocycles. The SMILES string of the molecule is CC(=O)c1ccc(N2CCN(C(=O)COc3cc(C)cc(C)c3)CC2)cc1. The number of rotatable bonds is 5. The van der Waals surface area contributed by atoms with E-state index >= 15 is 0 Å². The van der Waals surface area contributed by atoms with Gasteiger partial charge in [0, 0.05) is 37.4 Å². The number of Topliss-reactive ketones (excluding diaryl/α,β-unsaturated/α-hetero) is 1. The molecule has 0 radical (unpaired) electrons. The highest BCUT2D eigenvalue weighted by molar-refractivity contribution is 5.94. The van der Waals surface area contributed by atoms with Gasteiger partial charge in [-0.3, -0.25) is 9.59 Å². The van der Waals surface area contributed by atoms with E-state index < -0.39 is 0 Å². The summed E-state index contributed by atoms with van der Waals surface area (Å²) in [5.41, 5.74) is 4.05. The molecule has 3 rings (SSSR count). The molecule has 1 saturated heterocycles. The highest BCUT2D eigenvalue weighted by atomic mass is 16.5. The molecule has 27 heavy (non-hydrogen) atoms. The Bertz CT molecular complexity index is 802. The molecule has 1 fully saturated rings. The zero-order valence-electron chi connectivity index (χ0n) is 16.2. The first-order valence-corrected chi connectivity index (χ1v) is 9.27. The molecule has 0 aliphatic carbocycles. The number of piperazine rings is 1. The number of aryl methyl sites for hydroxylation is 2. The van der Waals surface area contributed by atoms with Crippen LogP contribution < -0.4 is 9.64 Å². The normalized spacial score (nSPS) is 14.2. The molecule has 5 heteroatoms. The van der Waals surface area contributed by atoms with Gasteiger partial charge in [-0.1, -0.05) is 6.07 Å². The molecule has 0 spiro atoms. The predicted octanol–water partition coefficient (Wildman–Crippen LogP) is 3.23. The van der Waals surface area contributed by atoms with Gasteiger partial charge < -0.3 is 14.5 Å². The van der Waals surface area contributed by atoms with Crippen LogP contribution >= 0.6 is 0 Å². The van der Waals surface area contributed by atoms with Gasteiger partial charge in [-0.05, 0) is 68.3 Å². The molecule has 0 atom stereocenters. The third kappa shape index (κ3) is 4.88. The first kappa shape index (κ1) is 19.0. The minimum Gasteiger partial charge on any atom is -0.484 e. The van der Waals surface area contributed by atoms with Crippen molar-refractivity contribution in [3.8, 4) is 5.75 Å². The first-order valence-electron chi connectivity index (χ1n) is 9.27. The molecule has 0 N–H and O–H groups in total.